The van der Waals surface area contributed by atoms with Crippen LogP contribution >= 0.6 is 22.9 Å². The third-order valence-electron chi connectivity index (χ3n) is 4.89. The molecular weight excluding hydrogens is 396 g/mol. The molecule has 2 aliphatic rings. The molecule has 140 valence electrons. The van der Waals surface area contributed by atoms with E-state index in [4.69, 9.17) is 11.6 Å². The lowest BCUT2D eigenvalue weighted by Gasteiger charge is -2.25. The fraction of sp³-hybridized carbons (Fsp3) is 0.150. The van der Waals surface area contributed by atoms with Gasteiger partial charge in [-0.05, 0) is 43.3 Å². The Bertz CT molecular complexity index is 1310. The number of aromatic nitrogens is 1. The molecule has 2 aliphatic heterocycles. The molecule has 1 aromatic heterocycles. The second-order valence-corrected chi connectivity index (χ2v) is 8.20. The average Bonchev–Trinajstić information content (AvgIpc) is 3.17. The summed E-state index contributed by atoms with van der Waals surface area (Å²) in [5, 5.41) is 3.51. The highest BCUT2D eigenvalue weighted by molar-refractivity contribution is 7.07. The van der Waals surface area contributed by atoms with Gasteiger partial charge in [-0.2, -0.15) is 0 Å². The van der Waals surface area contributed by atoms with Crippen LogP contribution in [0.5, 0.6) is 0 Å². The minimum atomic E-state index is -0.244. The van der Waals surface area contributed by atoms with E-state index in [0.29, 0.717) is 33.3 Å². The van der Waals surface area contributed by atoms with Gasteiger partial charge in [0.2, 0.25) is 0 Å². The normalized spacial score (nSPS) is 17.1. The maximum absolute atomic E-state index is 13.1. The van der Waals surface area contributed by atoms with Crippen molar-refractivity contribution in [1.29, 1.82) is 0 Å². The number of benzene rings is 2. The van der Waals surface area contributed by atoms with Crippen molar-refractivity contribution in [3.8, 4) is 0 Å². The molecule has 0 saturated heterocycles. The van der Waals surface area contributed by atoms with Crippen LogP contribution in [0, 0.1) is 6.92 Å². The van der Waals surface area contributed by atoms with Crippen molar-refractivity contribution in [2.45, 2.75) is 13.6 Å². The summed E-state index contributed by atoms with van der Waals surface area (Å²) in [6.45, 7) is 2.79. The van der Waals surface area contributed by atoms with E-state index >= 15 is 0 Å². The van der Waals surface area contributed by atoms with E-state index in [-0.39, 0.29) is 11.5 Å². The Balaban J connectivity index is 1.65. The second-order valence-electron chi connectivity index (χ2n) is 6.78. The number of anilines is 2. The number of carbonyl (C=O) groups excluding carboxylic acids is 1. The molecule has 28 heavy (non-hydrogen) atoms. The van der Waals surface area contributed by atoms with E-state index in [1.165, 1.54) is 11.3 Å². The number of hydrogen-bond donors (Lipinski definition) is 1. The van der Waals surface area contributed by atoms with Crippen LogP contribution in [-0.2, 0) is 11.5 Å². The number of thiazole rings is 1. The lowest BCUT2D eigenvalue weighted by atomic mass is 10.1. The average molecular weight is 411 g/mol. The highest BCUT2D eigenvalue weighted by Gasteiger charge is 2.28. The number of aryl methyl sites for hydroxylation is 1. The number of fused-ring (bicyclic) bond motifs is 2. The van der Waals surface area contributed by atoms with Crippen LogP contribution in [0.4, 0.5) is 11.4 Å². The molecule has 8 heteroatoms. The Kier molecular flexibility index (Phi) is 3.89. The van der Waals surface area contributed by atoms with Gasteiger partial charge in [-0.3, -0.25) is 14.2 Å². The summed E-state index contributed by atoms with van der Waals surface area (Å²) in [7, 11) is 0. The summed E-state index contributed by atoms with van der Waals surface area (Å²) < 4.78 is 2.05. The topological polar surface area (TPSA) is 66.7 Å². The molecule has 2 aromatic carbocycles. The van der Waals surface area contributed by atoms with Gasteiger partial charge >= 0.3 is 0 Å². The molecule has 5 rings (SSSR count). The lowest BCUT2D eigenvalue weighted by molar-refractivity contribution is -0.110. The Labute approximate surface area is 169 Å². The Hall–Kier alpha value is -2.90. The molecular formula is C20H15ClN4O2S. The second kappa shape index (κ2) is 6.32. The van der Waals surface area contributed by atoms with Gasteiger partial charge in [0.05, 0.1) is 5.57 Å². The van der Waals surface area contributed by atoms with E-state index in [0.717, 1.165) is 22.5 Å². The first kappa shape index (κ1) is 17.2. The molecule has 0 bridgehead atoms. The van der Waals surface area contributed by atoms with Crippen LogP contribution in [0.3, 0.4) is 0 Å². The van der Waals surface area contributed by atoms with Gasteiger partial charge in [-0.15, -0.1) is 0 Å². The molecule has 0 radical (unpaired) electrons. The molecule has 1 N–H and O–H groups in total. The van der Waals surface area contributed by atoms with E-state index in [2.05, 4.69) is 10.3 Å². The van der Waals surface area contributed by atoms with Crippen molar-refractivity contribution < 1.29 is 4.79 Å². The van der Waals surface area contributed by atoms with Crippen molar-refractivity contribution in [1.82, 2.24) is 4.57 Å². The highest BCUT2D eigenvalue weighted by atomic mass is 35.5. The Morgan fingerprint density at radius 1 is 1.14 bits per heavy atom. The molecule has 0 unspecified atom stereocenters. The number of amides is 1. The summed E-state index contributed by atoms with van der Waals surface area (Å²) in [5.41, 5.74) is 3.72. The maximum atomic E-state index is 13.1. The predicted octanol–water partition coefficient (Wildman–Crippen LogP) is 2.08. The van der Waals surface area contributed by atoms with Gasteiger partial charge in [0, 0.05) is 22.0 Å². The summed E-state index contributed by atoms with van der Waals surface area (Å²) in [6, 6.07) is 13.2. The first-order valence-electron chi connectivity index (χ1n) is 8.72. The molecule has 1 amide bonds. The first-order valence-corrected chi connectivity index (χ1v) is 9.92. The zero-order chi connectivity index (χ0) is 19.4. The summed E-state index contributed by atoms with van der Waals surface area (Å²) in [4.78, 5) is 32.9. The zero-order valence-electron chi connectivity index (χ0n) is 14.9. The van der Waals surface area contributed by atoms with Crippen molar-refractivity contribution in [2.75, 3.05) is 16.9 Å². The summed E-state index contributed by atoms with van der Waals surface area (Å²) >= 11 is 7.23. The number of rotatable bonds is 1. The largest absolute Gasteiger partial charge is 0.334 e. The maximum Gasteiger partial charge on any atom is 0.272 e. The molecule has 3 aromatic rings. The fourth-order valence-corrected chi connectivity index (χ4v) is 4.67. The van der Waals surface area contributed by atoms with Gasteiger partial charge in [0.25, 0.3) is 11.5 Å². The van der Waals surface area contributed by atoms with E-state index in [1.807, 2.05) is 54.3 Å². The molecule has 6 nitrogen and oxygen atoms in total. The standard InChI is InChI=1S/C20H15ClN4O2S/c1-11-2-7-15-14(8-11)16(18(26)23-15)17-19(27)25-10-24(9-22-20(25)28-17)13-5-3-12(21)4-6-13/h2-8H,9-10H2,1H3,(H,23,26)/b17-16-. The van der Waals surface area contributed by atoms with E-state index < -0.39 is 0 Å². The van der Waals surface area contributed by atoms with Crippen LogP contribution in [0.25, 0.3) is 5.57 Å². The molecule has 3 heterocycles. The minimum absolute atomic E-state index is 0.193. The van der Waals surface area contributed by atoms with Gasteiger partial charge in [-0.1, -0.05) is 34.6 Å². The molecule has 0 aliphatic carbocycles. The summed E-state index contributed by atoms with van der Waals surface area (Å²) in [5.74, 6) is -0.244. The van der Waals surface area contributed by atoms with Crippen molar-refractivity contribution >= 4 is 45.8 Å². The predicted molar refractivity (Wildman–Crippen MR) is 110 cm³/mol. The number of nitrogens with zero attached hydrogens (tertiary/aromatic N) is 3. The number of nitrogens with one attached hydrogen (secondary N) is 1. The first-order chi connectivity index (χ1) is 13.5. The van der Waals surface area contributed by atoms with Crippen molar-refractivity contribution in [2.24, 2.45) is 4.99 Å². The lowest BCUT2D eigenvalue weighted by Crippen LogP contribution is -2.43. The SMILES string of the molecule is Cc1ccc2c(c1)/C(=c1/sc3n(c1=O)CN(c1ccc(Cl)cc1)CN=3)C(=O)N2. The number of carbonyl (C=O) groups is 1. The van der Waals surface area contributed by atoms with Crippen molar-refractivity contribution in [3.05, 3.63) is 78.3 Å². The van der Waals surface area contributed by atoms with E-state index in [9.17, 15) is 9.59 Å². The fourth-order valence-electron chi connectivity index (χ4n) is 3.48. The quantitative estimate of drug-likeness (QED) is 0.668. The van der Waals surface area contributed by atoms with Crippen LogP contribution in [0.2, 0.25) is 5.02 Å². The van der Waals surface area contributed by atoms with Gasteiger partial charge < -0.3 is 10.2 Å². The summed E-state index contributed by atoms with van der Waals surface area (Å²) in [6.07, 6.45) is 0. The van der Waals surface area contributed by atoms with Gasteiger partial charge in [0.15, 0.2) is 4.80 Å². The van der Waals surface area contributed by atoms with Crippen LogP contribution in [-0.4, -0.2) is 17.1 Å². The van der Waals surface area contributed by atoms with E-state index in [1.54, 1.807) is 4.57 Å². The third-order valence-corrected chi connectivity index (χ3v) is 6.26. The number of halogens is 1. The molecule has 0 spiro atoms. The zero-order valence-corrected chi connectivity index (χ0v) is 16.5. The van der Waals surface area contributed by atoms with Crippen LogP contribution in [0.15, 0.2) is 52.3 Å². The monoisotopic (exact) mass is 410 g/mol. The van der Waals surface area contributed by atoms with Gasteiger partial charge in [0.1, 0.15) is 17.9 Å². The van der Waals surface area contributed by atoms with Crippen LogP contribution < -0.4 is 25.1 Å². The Morgan fingerprint density at radius 2 is 1.93 bits per heavy atom. The smallest absolute Gasteiger partial charge is 0.272 e. The minimum Gasteiger partial charge on any atom is -0.334 e. The van der Waals surface area contributed by atoms with Crippen molar-refractivity contribution in [3.63, 3.8) is 0 Å². The molecule has 0 saturated carbocycles. The third kappa shape index (κ3) is 2.66. The molecule has 0 fully saturated rings. The highest BCUT2D eigenvalue weighted by Crippen LogP contribution is 2.30. The van der Waals surface area contributed by atoms with Gasteiger partial charge in [-0.25, -0.2) is 4.99 Å². The molecule has 0 atom stereocenters. The number of hydrogen-bond acceptors (Lipinski definition) is 5. The Morgan fingerprint density at radius 3 is 2.71 bits per heavy atom. The van der Waals surface area contributed by atoms with Crippen LogP contribution in [0.1, 0.15) is 11.1 Å².